The number of esters is 1. The van der Waals surface area contributed by atoms with Crippen molar-refractivity contribution in [3.05, 3.63) is 78.4 Å². The summed E-state index contributed by atoms with van der Waals surface area (Å²) in [6, 6.07) is 17.8. The van der Waals surface area contributed by atoms with Crippen molar-refractivity contribution in [3.63, 3.8) is 0 Å². The molecular weight excluding hydrogens is 432 g/mol. The molecular formula is C28H34O4S. The van der Waals surface area contributed by atoms with Crippen molar-refractivity contribution in [1.82, 2.24) is 0 Å². The topological polar surface area (TPSA) is 60.4 Å². The summed E-state index contributed by atoms with van der Waals surface area (Å²) in [5, 5.41) is 0. The molecule has 0 aliphatic heterocycles. The summed E-state index contributed by atoms with van der Waals surface area (Å²) < 4.78 is 31.0. The quantitative estimate of drug-likeness (QED) is 0.334. The van der Waals surface area contributed by atoms with Crippen LogP contribution in [0, 0.1) is 11.3 Å². The zero-order valence-electron chi connectivity index (χ0n) is 19.2. The Bertz CT molecular complexity index is 1040. The first-order valence-electron chi connectivity index (χ1n) is 12.2. The van der Waals surface area contributed by atoms with Crippen LogP contribution in [-0.4, -0.2) is 26.2 Å². The van der Waals surface area contributed by atoms with E-state index in [9.17, 15) is 13.2 Å². The van der Waals surface area contributed by atoms with Gasteiger partial charge in [0.1, 0.15) is 6.10 Å². The van der Waals surface area contributed by atoms with Gasteiger partial charge < -0.3 is 4.74 Å². The third kappa shape index (κ3) is 6.14. The lowest BCUT2D eigenvalue weighted by molar-refractivity contribution is 0.0173. The van der Waals surface area contributed by atoms with Crippen LogP contribution >= 0.6 is 0 Å². The highest BCUT2D eigenvalue weighted by molar-refractivity contribution is 7.91. The van der Waals surface area contributed by atoms with Crippen molar-refractivity contribution in [2.24, 2.45) is 11.3 Å². The second-order valence-electron chi connectivity index (χ2n) is 9.68. The number of sulfone groups is 1. The van der Waals surface area contributed by atoms with Gasteiger partial charge in [-0.1, -0.05) is 67.8 Å². The van der Waals surface area contributed by atoms with E-state index in [2.05, 4.69) is 0 Å². The molecule has 0 bridgehead atoms. The molecule has 176 valence electrons. The molecule has 2 saturated carbocycles. The van der Waals surface area contributed by atoms with Gasteiger partial charge in [0.25, 0.3) is 0 Å². The highest BCUT2D eigenvalue weighted by atomic mass is 32.2. The molecule has 0 radical (unpaired) electrons. The second kappa shape index (κ2) is 10.7. The van der Waals surface area contributed by atoms with Crippen LogP contribution in [0.15, 0.2) is 77.7 Å². The van der Waals surface area contributed by atoms with Crippen molar-refractivity contribution in [2.75, 3.05) is 5.75 Å². The minimum absolute atomic E-state index is 0.0119. The van der Waals surface area contributed by atoms with E-state index in [0.717, 1.165) is 25.7 Å². The van der Waals surface area contributed by atoms with E-state index in [0.29, 0.717) is 21.8 Å². The Morgan fingerprint density at radius 2 is 1.58 bits per heavy atom. The number of carbonyl (C=O) groups excluding carboxylic acids is 1. The fourth-order valence-electron chi connectivity index (χ4n) is 5.63. The van der Waals surface area contributed by atoms with Crippen molar-refractivity contribution in [2.45, 2.75) is 68.8 Å². The lowest BCUT2D eigenvalue weighted by Gasteiger charge is -2.33. The fourth-order valence-corrected chi connectivity index (χ4v) is 6.78. The Balaban J connectivity index is 1.36. The van der Waals surface area contributed by atoms with Gasteiger partial charge in [-0.15, -0.1) is 0 Å². The molecule has 0 heterocycles. The summed E-state index contributed by atoms with van der Waals surface area (Å²) in [6.07, 6.45) is 13.8. The maximum atomic E-state index is 12.7. The largest absolute Gasteiger partial charge is 0.458 e. The normalized spacial score (nSPS) is 22.5. The first-order valence-corrected chi connectivity index (χ1v) is 13.8. The molecule has 4 nitrogen and oxygen atoms in total. The molecule has 33 heavy (non-hydrogen) atoms. The van der Waals surface area contributed by atoms with E-state index in [1.807, 2.05) is 30.3 Å². The average molecular weight is 467 g/mol. The number of hydrogen-bond acceptors (Lipinski definition) is 4. The number of benzene rings is 2. The zero-order chi connectivity index (χ0) is 23.2. The van der Waals surface area contributed by atoms with Gasteiger partial charge in [0.05, 0.1) is 16.2 Å². The zero-order valence-corrected chi connectivity index (χ0v) is 20.0. The van der Waals surface area contributed by atoms with Crippen LogP contribution < -0.4 is 0 Å². The van der Waals surface area contributed by atoms with Crippen molar-refractivity contribution >= 4 is 15.8 Å². The summed E-state index contributed by atoms with van der Waals surface area (Å²) in [6.45, 7) is 0. The van der Waals surface area contributed by atoms with Crippen molar-refractivity contribution < 1.29 is 17.9 Å². The van der Waals surface area contributed by atoms with Gasteiger partial charge in [0.15, 0.2) is 9.84 Å². The lowest BCUT2D eigenvalue weighted by atomic mass is 9.72. The molecule has 2 aliphatic rings. The highest BCUT2D eigenvalue weighted by Gasteiger charge is 2.46. The summed E-state index contributed by atoms with van der Waals surface area (Å²) in [4.78, 5) is 13.1. The van der Waals surface area contributed by atoms with Crippen LogP contribution in [0.25, 0.3) is 0 Å². The molecule has 5 heteroatoms. The third-order valence-electron chi connectivity index (χ3n) is 7.33. The Kier molecular flexibility index (Phi) is 7.69. The van der Waals surface area contributed by atoms with E-state index in [4.69, 9.17) is 4.74 Å². The standard InChI is InChI=1S/C28H34O4S/c29-27(23-13-5-1-6-14-23)32-26-22-28(18-10-4-11-19-28)21-24(26)15-7-3-12-20-33(30,31)25-16-8-2-9-17-25/h1-3,5-6,8-9,12-14,16-17,24,26H,4,7,10-11,15,18-22H2/b12-3+. The molecule has 4 rings (SSSR count). The predicted octanol–water partition coefficient (Wildman–Crippen LogP) is 6.38. The molecule has 2 unspecified atom stereocenters. The molecule has 1 spiro atoms. The summed E-state index contributed by atoms with van der Waals surface area (Å²) in [5.74, 6) is 0.104. The van der Waals surface area contributed by atoms with Crippen LogP contribution in [0.4, 0.5) is 0 Å². The van der Waals surface area contributed by atoms with Gasteiger partial charge in [0.2, 0.25) is 0 Å². The molecule has 0 amide bonds. The molecule has 0 N–H and O–H groups in total. The molecule has 0 saturated heterocycles. The third-order valence-corrected chi connectivity index (χ3v) is 8.95. The monoisotopic (exact) mass is 466 g/mol. The molecule has 2 aromatic carbocycles. The van der Waals surface area contributed by atoms with Crippen LogP contribution in [-0.2, 0) is 14.6 Å². The number of rotatable bonds is 8. The van der Waals surface area contributed by atoms with Gasteiger partial charge in [-0.3, -0.25) is 0 Å². The summed E-state index contributed by atoms with van der Waals surface area (Å²) >= 11 is 0. The number of carbonyl (C=O) groups is 1. The Hall–Kier alpha value is -2.40. The van der Waals surface area contributed by atoms with E-state index in [1.165, 1.54) is 32.1 Å². The first kappa shape index (κ1) is 23.7. The Labute approximate surface area is 198 Å². The predicted molar refractivity (Wildman–Crippen MR) is 131 cm³/mol. The Morgan fingerprint density at radius 3 is 2.27 bits per heavy atom. The van der Waals surface area contributed by atoms with E-state index >= 15 is 0 Å². The van der Waals surface area contributed by atoms with Crippen LogP contribution in [0.1, 0.15) is 68.1 Å². The van der Waals surface area contributed by atoms with Gasteiger partial charge in [-0.25, -0.2) is 13.2 Å². The van der Waals surface area contributed by atoms with E-state index in [1.54, 1.807) is 42.5 Å². The van der Waals surface area contributed by atoms with E-state index < -0.39 is 9.84 Å². The first-order chi connectivity index (χ1) is 16.0. The molecule has 2 atom stereocenters. The number of hydrogen-bond donors (Lipinski definition) is 0. The fraction of sp³-hybridized carbons (Fsp3) is 0.464. The smallest absolute Gasteiger partial charge is 0.338 e. The maximum absolute atomic E-state index is 12.7. The van der Waals surface area contributed by atoms with Crippen LogP contribution in [0.3, 0.4) is 0 Å². The minimum Gasteiger partial charge on any atom is -0.458 e. The molecule has 2 aliphatic carbocycles. The Morgan fingerprint density at radius 1 is 0.909 bits per heavy atom. The number of ether oxygens (including phenoxy) is 1. The van der Waals surface area contributed by atoms with E-state index in [-0.39, 0.29) is 17.8 Å². The highest BCUT2D eigenvalue weighted by Crippen LogP contribution is 2.53. The van der Waals surface area contributed by atoms with Gasteiger partial charge >= 0.3 is 5.97 Å². The van der Waals surface area contributed by atoms with Crippen molar-refractivity contribution in [1.29, 1.82) is 0 Å². The average Bonchev–Trinajstić information content (AvgIpc) is 3.16. The van der Waals surface area contributed by atoms with Gasteiger partial charge in [-0.2, -0.15) is 0 Å². The van der Waals surface area contributed by atoms with Gasteiger partial charge in [-0.05, 0) is 74.1 Å². The SMILES string of the molecule is O=C(OC1CC2(CCCCC2)CC1CC/C=C/CS(=O)(=O)c1ccccc1)c1ccccc1. The van der Waals surface area contributed by atoms with Crippen LogP contribution in [0.5, 0.6) is 0 Å². The number of allylic oxidation sites excluding steroid dienone is 1. The summed E-state index contributed by atoms with van der Waals surface area (Å²) in [5.41, 5.74) is 0.914. The second-order valence-corrected chi connectivity index (χ2v) is 11.7. The van der Waals surface area contributed by atoms with Crippen LogP contribution in [0.2, 0.25) is 0 Å². The minimum atomic E-state index is -3.30. The maximum Gasteiger partial charge on any atom is 0.338 e. The van der Waals surface area contributed by atoms with Crippen molar-refractivity contribution in [3.8, 4) is 0 Å². The van der Waals surface area contributed by atoms with Gasteiger partial charge in [0, 0.05) is 0 Å². The molecule has 0 aromatic heterocycles. The molecule has 2 fully saturated rings. The molecule has 2 aromatic rings. The lowest BCUT2D eigenvalue weighted by Crippen LogP contribution is -2.24. The summed E-state index contributed by atoms with van der Waals surface area (Å²) in [7, 11) is -3.30.